The fourth-order valence-corrected chi connectivity index (χ4v) is 7.02. The molecule has 5 heterocycles. The predicted molar refractivity (Wildman–Crippen MR) is 187 cm³/mol. The Hall–Kier alpha value is -4.61. The first-order chi connectivity index (χ1) is 22.4. The van der Waals surface area contributed by atoms with Crippen LogP contribution in [0.5, 0.6) is 5.88 Å². The normalized spacial score (nSPS) is 15.2. The summed E-state index contributed by atoms with van der Waals surface area (Å²) in [7, 11) is 1.07. The number of benzene rings is 1. The van der Waals surface area contributed by atoms with Crippen molar-refractivity contribution in [2.45, 2.75) is 18.9 Å². The lowest BCUT2D eigenvalue weighted by molar-refractivity contribution is 0.134. The van der Waals surface area contributed by atoms with Crippen molar-refractivity contribution in [2.24, 2.45) is 0 Å². The van der Waals surface area contributed by atoms with Gasteiger partial charge in [-0.25, -0.2) is 9.78 Å². The molecule has 236 valence electrons. The summed E-state index contributed by atoms with van der Waals surface area (Å²) < 4.78 is 11.6. The minimum atomic E-state index is -0.506. The van der Waals surface area contributed by atoms with Crippen molar-refractivity contribution in [3.05, 3.63) is 78.0 Å². The van der Waals surface area contributed by atoms with Crippen LogP contribution >= 0.6 is 23.9 Å². The number of rotatable bonds is 9. The molecule has 14 heteroatoms. The molecular formula is C32H33BrN9O3P. The number of ether oxygens (including phenoxy) is 2. The number of anilines is 5. The first kappa shape index (κ1) is 31.4. The summed E-state index contributed by atoms with van der Waals surface area (Å²) in [5.41, 5.74) is 4.07. The zero-order chi connectivity index (χ0) is 32.2. The number of fused-ring (bicyclic) bond motifs is 1. The number of amides is 1. The van der Waals surface area contributed by atoms with Crippen LogP contribution in [0.15, 0.2) is 72.5 Å². The van der Waals surface area contributed by atoms with Crippen molar-refractivity contribution in [3.63, 3.8) is 0 Å². The fourth-order valence-electron chi connectivity index (χ4n) is 5.52. The van der Waals surface area contributed by atoms with Crippen molar-refractivity contribution in [2.75, 3.05) is 49.1 Å². The Morgan fingerprint density at radius 1 is 1.09 bits per heavy atom. The molecule has 12 nitrogen and oxygen atoms in total. The van der Waals surface area contributed by atoms with Gasteiger partial charge in [0.05, 0.1) is 28.9 Å². The van der Waals surface area contributed by atoms with Crippen molar-refractivity contribution in [3.8, 4) is 5.88 Å². The van der Waals surface area contributed by atoms with E-state index in [1.807, 2.05) is 24.3 Å². The van der Waals surface area contributed by atoms with Crippen molar-refractivity contribution in [1.82, 2.24) is 29.8 Å². The molecule has 0 spiro atoms. The summed E-state index contributed by atoms with van der Waals surface area (Å²) in [6.45, 7) is 9.82. The van der Waals surface area contributed by atoms with Crippen molar-refractivity contribution >= 4 is 81.3 Å². The molecule has 0 atom stereocenters. The standard InChI is InChI=1S/C32H33BrN9O3P/c1-5-20-18-25(30(44-2)40-29(20)41-15-10-21(11-16-41)42-14-6-7-17-45-32(42)43)38-31-36-19-22(33)28(39-31)37-24-9-8-23-26(27(24)46(3)4)35-13-12-34-23/h5-9,12-14,17-19,21H,1,10-11,15-16H2,2-4H3,(H2,36,37,38,39). The highest BCUT2D eigenvalue weighted by atomic mass is 79.9. The first-order valence-corrected chi connectivity index (χ1v) is 17.7. The average molecular weight is 703 g/mol. The highest BCUT2D eigenvalue weighted by Crippen LogP contribution is 2.36. The first-order valence-electron chi connectivity index (χ1n) is 14.6. The Morgan fingerprint density at radius 2 is 1.89 bits per heavy atom. The summed E-state index contributed by atoms with van der Waals surface area (Å²) in [6, 6.07) is 5.93. The lowest BCUT2D eigenvalue weighted by Gasteiger charge is -2.37. The second-order valence-corrected chi connectivity index (χ2v) is 13.9. The van der Waals surface area contributed by atoms with E-state index in [-0.39, 0.29) is 12.1 Å². The number of cyclic esters (lactones) is 1. The molecule has 2 aliphatic heterocycles. The van der Waals surface area contributed by atoms with Gasteiger partial charge in [-0.05, 0) is 72.5 Å². The van der Waals surface area contributed by atoms with Gasteiger partial charge in [0.15, 0.2) is 0 Å². The van der Waals surface area contributed by atoms with E-state index in [1.165, 1.54) is 6.26 Å². The third-order valence-electron chi connectivity index (χ3n) is 7.69. The molecule has 1 aromatic carbocycles. The quantitative estimate of drug-likeness (QED) is 0.185. The number of carbonyl (C=O) groups excluding carboxylic acids is 1. The second-order valence-electron chi connectivity index (χ2n) is 10.8. The summed E-state index contributed by atoms with van der Waals surface area (Å²) in [5.74, 6) is 2.10. The van der Waals surface area contributed by atoms with Gasteiger partial charge in [-0.1, -0.05) is 20.6 Å². The van der Waals surface area contributed by atoms with Crippen LogP contribution in [-0.2, 0) is 4.74 Å². The van der Waals surface area contributed by atoms with Gasteiger partial charge in [-0.2, -0.15) is 9.97 Å². The largest absolute Gasteiger partial charge is 0.479 e. The van der Waals surface area contributed by atoms with Gasteiger partial charge in [0.25, 0.3) is 0 Å². The van der Waals surface area contributed by atoms with Crippen LogP contribution in [0, 0.1) is 0 Å². The van der Waals surface area contributed by atoms with Crippen LogP contribution in [0.3, 0.4) is 0 Å². The van der Waals surface area contributed by atoms with Gasteiger partial charge in [0.1, 0.15) is 17.3 Å². The lowest BCUT2D eigenvalue weighted by Crippen LogP contribution is -2.45. The summed E-state index contributed by atoms with van der Waals surface area (Å²) in [5, 5.41) is 7.87. The molecule has 3 aromatic heterocycles. The van der Waals surface area contributed by atoms with Gasteiger partial charge in [0, 0.05) is 60.5 Å². The number of hydrogen-bond acceptors (Lipinski definition) is 11. The van der Waals surface area contributed by atoms with Crippen molar-refractivity contribution < 1.29 is 14.3 Å². The Bertz CT molecular complexity index is 1840. The van der Waals surface area contributed by atoms with E-state index in [1.54, 1.807) is 49.0 Å². The summed E-state index contributed by atoms with van der Waals surface area (Å²) in [6.07, 6.45) is 14.7. The number of methoxy groups -OCH3 is 1. The molecule has 4 aromatic rings. The zero-order valence-electron chi connectivity index (χ0n) is 25.6. The molecular weight excluding hydrogens is 669 g/mol. The maximum atomic E-state index is 12.4. The number of allylic oxidation sites excluding steroid dienone is 2. The molecule has 46 heavy (non-hydrogen) atoms. The zero-order valence-corrected chi connectivity index (χ0v) is 28.1. The van der Waals surface area contributed by atoms with E-state index < -0.39 is 7.92 Å². The van der Waals surface area contributed by atoms with Gasteiger partial charge in [0.2, 0.25) is 11.8 Å². The summed E-state index contributed by atoms with van der Waals surface area (Å²) in [4.78, 5) is 39.4. The van der Waals surface area contributed by atoms with Crippen LogP contribution in [0.1, 0.15) is 18.4 Å². The molecule has 0 bridgehead atoms. The second kappa shape index (κ2) is 13.8. The Labute approximate surface area is 276 Å². The molecule has 1 saturated heterocycles. The van der Waals surface area contributed by atoms with Crippen LogP contribution in [0.4, 0.5) is 33.8 Å². The van der Waals surface area contributed by atoms with E-state index in [9.17, 15) is 4.79 Å². The van der Waals surface area contributed by atoms with Gasteiger partial charge in [-0.3, -0.25) is 14.9 Å². The number of pyridine rings is 1. The van der Waals surface area contributed by atoms with Crippen LogP contribution in [0.2, 0.25) is 0 Å². The monoisotopic (exact) mass is 701 g/mol. The average Bonchev–Trinajstić information content (AvgIpc) is 3.29. The molecule has 1 amide bonds. The van der Waals surface area contributed by atoms with Crippen molar-refractivity contribution in [1.29, 1.82) is 0 Å². The third kappa shape index (κ3) is 6.52. The van der Waals surface area contributed by atoms with Gasteiger partial charge < -0.3 is 25.0 Å². The Kier molecular flexibility index (Phi) is 9.41. The molecule has 0 radical (unpaired) electrons. The number of nitrogens with one attached hydrogen (secondary N) is 2. The third-order valence-corrected chi connectivity index (χ3v) is 9.61. The summed E-state index contributed by atoms with van der Waals surface area (Å²) >= 11 is 3.60. The minimum Gasteiger partial charge on any atom is -0.479 e. The molecule has 2 aliphatic rings. The molecule has 0 saturated carbocycles. The Morgan fingerprint density at radius 3 is 2.65 bits per heavy atom. The van der Waals surface area contributed by atoms with E-state index in [4.69, 9.17) is 19.4 Å². The maximum Gasteiger partial charge on any atom is 0.418 e. The topological polar surface area (TPSA) is 131 Å². The van der Waals surface area contributed by atoms with Gasteiger partial charge >= 0.3 is 6.09 Å². The predicted octanol–water partition coefficient (Wildman–Crippen LogP) is 6.53. The van der Waals surface area contributed by atoms with E-state index in [0.717, 1.165) is 46.2 Å². The number of nitrogens with zero attached hydrogens (tertiary/aromatic N) is 7. The molecule has 6 rings (SSSR count). The van der Waals surface area contributed by atoms with E-state index >= 15 is 0 Å². The molecule has 0 unspecified atom stereocenters. The highest BCUT2D eigenvalue weighted by Gasteiger charge is 2.29. The van der Waals surface area contributed by atoms with Crippen LogP contribution < -0.4 is 25.6 Å². The number of hydrogen-bond donors (Lipinski definition) is 2. The highest BCUT2D eigenvalue weighted by molar-refractivity contribution is 9.10. The van der Waals surface area contributed by atoms with E-state index in [2.05, 4.69) is 66.3 Å². The number of aromatic nitrogens is 5. The number of carbonyl (C=O) groups is 1. The number of piperidine rings is 1. The van der Waals surface area contributed by atoms with Crippen LogP contribution in [0.25, 0.3) is 17.1 Å². The SMILES string of the molecule is C=Cc1cc(Nc2ncc(Br)c(Nc3ccc4nccnc4c3P(C)C)n2)c(OC)nc1N1CCC(N2C=CC=COC2=O)CC1. The smallest absolute Gasteiger partial charge is 0.418 e. The molecule has 2 N–H and O–H groups in total. The number of halogens is 1. The maximum absolute atomic E-state index is 12.4. The van der Waals surface area contributed by atoms with E-state index in [0.29, 0.717) is 40.9 Å². The lowest BCUT2D eigenvalue weighted by atomic mass is 10.0. The fraction of sp³-hybridized carbons (Fsp3) is 0.250. The van der Waals surface area contributed by atoms with Gasteiger partial charge in [-0.15, -0.1) is 0 Å². The Balaban J connectivity index is 1.23. The molecule has 1 fully saturated rings. The minimum absolute atomic E-state index is 0.0347. The van der Waals surface area contributed by atoms with Crippen LogP contribution in [-0.4, -0.2) is 75.5 Å². The molecule has 0 aliphatic carbocycles.